The van der Waals surface area contributed by atoms with Crippen LogP contribution in [0.4, 0.5) is 5.69 Å². The number of nitrogens with zero attached hydrogens (tertiary/aromatic N) is 3. The molecular weight excluding hydrogens is 252 g/mol. The molecule has 2 fully saturated rings. The molecule has 0 aromatic carbocycles. The number of piperazine rings is 1. The molecule has 0 bridgehead atoms. The fourth-order valence-corrected chi connectivity index (χ4v) is 2.84. The van der Waals surface area contributed by atoms with Gasteiger partial charge in [0.25, 0.3) is 5.91 Å². The Labute approximate surface area is 120 Å². The van der Waals surface area contributed by atoms with Gasteiger partial charge in [-0.25, -0.2) is 0 Å². The number of hydrogen-bond acceptors (Lipinski definition) is 4. The van der Waals surface area contributed by atoms with Crippen molar-refractivity contribution in [3.05, 3.63) is 23.5 Å². The van der Waals surface area contributed by atoms with Crippen molar-refractivity contribution >= 4 is 11.6 Å². The number of hydrogen-bond donors (Lipinski definition) is 1. The van der Waals surface area contributed by atoms with Gasteiger partial charge in [-0.3, -0.25) is 14.7 Å². The molecule has 1 aromatic rings. The average Bonchev–Trinajstić information content (AvgIpc) is 3.31. The molecule has 2 aliphatic rings. The summed E-state index contributed by atoms with van der Waals surface area (Å²) in [5.74, 6) is 0.0947. The minimum absolute atomic E-state index is 0.0947. The number of aryl methyl sites for hydroxylation is 1. The lowest BCUT2D eigenvalue weighted by Gasteiger charge is -2.35. The zero-order valence-electron chi connectivity index (χ0n) is 12.2. The molecule has 5 nitrogen and oxygen atoms in total. The summed E-state index contributed by atoms with van der Waals surface area (Å²) in [7, 11) is 1.84. The van der Waals surface area contributed by atoms with Crippen molar-refractivity contribution < 1.29 is 4.79 Å². The summed E-state index contributed by atoms with van der Waals surface area (Å²) in [6.45, 7) is 5.59. The maximum Gasteiger partial charge on any atom is 0.257 e. The molecule has 3 rings (SSSR count). The van der Waals surface area contributed by atoms with E-state index in [1.54, 1.807) is 6.20 Å². The van der Waals surface area contributed by atoms with Gasteiger partial charge < -0.3 is 10.2 Å². The zero-order valence-corrected chi connectivity index (χ0v) is 12.2. The van der Waals surface area contributed by atoms with Gasteiger partial charge in [-0.15, -0.1) is 0 Å². The lowest BCUT2D eigenvalue weighted by molar-refractivity contribution is 0.0628. The molecule has 1 aliphatic heterocycles. The molecule has 0 spiro atoms. The van der Waals surface area contributed by atoms with Crippen LogP contribution in [0.25, 0.3) is 0 Å². The Kier molecular flexibility index (Phi) is 3.61. The molecule has 0 unspecified atom stereocenters. The van der Waals surface area contributed by atoms with Gasteiger partial charge in [0.1, 0.15) is 0 Å². The summed E-state index contributed by atoms with van der Waals surface area (Å²) in [6, 6.07) is 2.72. The molecule has 5 heteroatoms. The van der Waals surface area contributed by atoms with Crippen molar-refractivity contribution in [2.75, 3.05) is 38.5 Å². The van der Waals surface area contributed by atoms with Crippen LogP contribution in [0.1, 0.15) is 28.9 Å². The van der Waals surface area contributed by atoms with Crippen molar-refractivity contribution in [1.82, 2.24) is 14.8 Å². The number of anilines is 1. The van der Waals surface area contributed by atoms with Crippen LogP contribution in [0.5, 0.6) is 0 Å². The largest absolute Gasteiger partial charge is 0.387 e. The molecule has 1 amide bonds. The molecule has 1 saturated heterocycles. The van der Waals surface area contributed by atoms with E-state index in [2.05, 4.69) is 15.2 Å². The first kappa shape index (κ1) is 13.4. The smallest absolute Gasteiger partial charge is 0.257 e. The number of pyridine rings is 1. The fraction of sp³-hybridized carbons (Fsp3) is 0.600. The third-order valence-electron chi connectivity index (χ3n) is 4.21. The third kappa shape index (κ3) is 2.63. The van der Waals surface area contributed by atoms with Gasteiger partial charge in [0, 0.05) is 51.2 Å². The summed E-state index contributed by atoms with van der Waals surface area (Å²) < 4.78 is 0. The van der Waals surface area contributed by atoms with Gasteiger partial charge in [0.15, 0.2) is 0 Å². The van der Waals surface area contributed by atoms with E-state index in [1.165, 1.54) is 12.8 Å². The Bertz CT molecular complexity index is 505. The van der Waals surface area contributed by atoms with Crippen molar-refractivity contribution in [1.29, 1.82) is 0 Å². The topological polar surface area (TPSA) is 48.5 Å². The second-order valence-corrected chi connectivity index (χ2v) is 5.68. The van der Waals surface area contributed by atoms with Crippen molar-refractivity contribution in [2.45, 2.75) is 25.8 Å². The summed E-state index contributed by atoms with van der Waals surface area (Å²) in [5.41, 5.74) is 2.47. The van der Waals surface area contributed by atoms with Crippen LogP contribution in [0.3, 0.4) is 0 Å². The third-order valence-corrected chi connectivity index (χ3v) is 4.21. The van der Waals surface area contributed by atoms with Crippen LogP contribution < -0.4 is 5.32 Å². The Morgan fingerprint density at radius 1 is 1.30 bits per heavy atom. The fourth-order valence-electron chi connectivity index (χ4n) is 2.84. The molecule has 2 heterocycles. The SMILES string of the molecule is CNc1cc(C)ncc1C(=O)N1CCN(C2CC2)CC1. The summed E-state index contributed by atoms with van der Waals surface area (Å²) in [5, 5.41) is 3.10. The highest BCUT2D eigenvalue weighted by molar-refractivity contribution is 5.99. The first-order valence-electron chi connectivity index (χ1n) is 7.37. The van der Waals surface area contributed by atoms with Crippen molar-refractivity contribution in [3.63, 3.8) is 0 Å². The predicted octanol–water partition coefficient (Wildman–Crippen LogP) is 1.35. The van der Waals surface area contributed by atoms with E-state index in [4.69, 9.17) is 0 Å². The first-order chi connectivity index (χ1) is 9.69. The molecule has 0 radical (unpaired) electrons. The number of rotatable bonds is 3. The standard InChI is InChI=1S/C15H22N4O/c1-11-9-14(16-2)13(10-17-11)15(20)19-7-5-18(6-8-19)12-3-4-12/h9-10,12H,3-8H2,1-2H3,(H,16,17). The molecule has 1 aromatic heterocycles. The summed E-state index contributed by atoms with van der Waals surface area (Å²) >= 11 is 0. The average molecular weight is 274 g/mol. The van der Waals surface area contributed by atoms with Gasteiger partial charge in [-0.05, 0) is 25.8 Å². The minimum Gasteiger partial charge on any atom is -0.387 e. The second kappa shape index (κ2) is 5.40. The van der Waals surface area contributed by atoms with Gasteiger partial charge in [-0.1, -0.05) is 0 Å². The van der Waals surface area contributed by atoms with E-state index >= 15 is 0 Å². The van der Waals surface area contributed by atoms with Crippen LogP contribution in [0.2, 0.25) is 0 Å². The maximum absolute atomic E-state index is 12.6. The van der Waals surface area contributed by atoms with Crippen molar-refractivity contribution in [3.8, 4) is 0 Å². The number of aromatic nitrogens is 1. The minimum atomic E-state index is 0.0947. The van der Waals surface area contributed by atoms with Crippen LogP contribution >= 0.6 is 0 Å². The van der Waals surface area contributed by atoms with Crippen LogP contribution in [0.15, 0.2) is 12.3 Å². The van der Waals surface area contributed by atoms with Gasteiger partial charge in [0.2, 0.25) is 0 Å². The molecule has 1 N–H and O–H groups in total. The molecule has 108 valence electrons. The number of carbonyl (C=O) groups is 1. The Morgan fingerprint density at radius 2 is 2.00 bits per heavy atom. The Hall–Kier alpha value is -1.62. The number of amides is 1. The number of nitrogens with one attached hydrogen (secondary N) is 1. The monoisotopic (exact) mass is 274 g/mol. The van der Waals surface area contributed by atoms with E-state index in [1.807, 2.05) is 24.9 Å². The lowest BCUT2D eigenvalue weighted by atomic mass is 10.1. The van der Waals surface area contributed by atoms with E-state index in [0.29, 0.717) is 5.56 Å². The van der Waals surface area contributed by atoms with E-state index < -0.39 is 0 Å². The second-order valence-electron chi connectivity index (χ2n) is 5.68. The maximum atomic E-state index is 12.6. The van der Waals surface area contributed by atoms with E-state index in [0.717, 1.165) is 43.6 Å². The van der Waals surface area contributed by atoms with Gasteiger partial charge >= 0.3 is 0 Å². The Balaban J connectivity index is 1.69. The van der Waals surface area contributed by atoms with Gasteiger partial charge in [-0.2, -0.15) is 0 Å². The van der Waals surface area contributed by atoms with E-state index in [-0.39, 0.29) is 5.91 Å². The highest BCUT2D eigenvalue weighted by Crippen LogP contribution is 2.28. The molecule has 1 saturated carbocycles. The molecule has 1 aliphatic carbocycles. The molecule has 0 atom stereocenters. The summed E-state index contributed by atoms with van der Waals surface area (Å²) in [4.78, 5) is 21.3. The number of carbonyl (C=O) groups excluding carboxylic acids is 1. The Morgan fingerprint density at radius 3 is 2.60 bits per heavy atom. The van der Waals surface area contributed by atoms with Crippen molar-refractivity contribution in [2.24, 2.45) is 0 Å². The molecular formula is C15H22N4O. The van der Waals surface area contributed by atoms with Crippen LogP contribution in [-0.4, -0.2) is 60.0 Å². The zero-order chi connectivity index (χ0) is 14.1. The quantitative estimate of drug-likeness (QED) is 0.904. The van der Waals surface area contributed by atoms with Crippen LogP contribution in [-0.2, 0) is 0 Å². The van der Waals surface area contributed by atoms with Gasteiger partial charge in [0.05, 0.1) is 11.3 Å². The summed E-state index contributed by atoms with van der Waals surface area (Å²) in [6.07, 6.45) is 4.36. The normalized spacial score (nSPS) is 20.0. The van der Waals surface area contributed by atoms with Crippen LogP contribution in [0, 0.1) is 6.92 Å². The highest BCUT2D eigenvalue weighted by Gasteiger charge is 2.32. The highest BCUT2D eigenvalue weighted by atomic mass is 16.2. The van der Waals surface area contributed by atoms with E-state index in [9.17, 15) is 4.79 Å². The predicted molar refractivity (Wildman–Crippen MR) is 79.0 cm³/mol. The first-order valence-corrected chi connectivity index (χ1v) is 7.37. The lowest BCUT2D eigenvalue weighted by Crippen LogP contribution is -2.49. The molecule has 20 heavy (non-hydrogen) atoms.